The van der Waals surface area contributed by atoms with E-state index in [-0.39, 0.29) is 24.6 Å². The normalized spacial score (nSPS) is 10.2. The third-order valence-electron chi connectivity index (χ3n) is 2.71. The molecule has 0 atom stereocenters. The van der Waals surface area contributed by atoms with Crippen LogP contribution in [-0.2, 0) is 11.3 Å². The summed E-state index contributed by atoms with van der Waals surface area (Å²) in [4.78, 5) is 31.9. The van der Waals surface area contributed by atoms with Gasteiger partial charge in [0.25, 0.3) is 0 Å². The van der Waals surface area contributed by atoms with Crippen molar-refractivity contribution in [2.24, 2.45) is 0 Å². The Bertz CT molecular complexity index is 446. The van der Waals surface area contributed by atoms with Crippen molar-refractivity contribution < 1.29 is 14.7 Å². The van der Waals surface area contributed by atoms with Crippen molar-refractivity contribution in [3.05, 3.63) is 23.8 Å². The molecule has 1 aromatic heterocycles. The van der Waals surface area contributed by atoms with Crippen LogP contribution < -0.4 is 5.32 Å². The van der Waals surface area contributed by atoms with Crippen LogP contribution in [0.3, 0.4) is 0 Å². The van der Waals surface area contributed by atoms with Gasteiger partial charge < -0.3 is 15.3 Å². The number of amides is 1. The summed E-state index contributed by atoms with van der Waals surface area (Å²) in [5, 5.41) is 11.9. The van der Waals surface area contributed by atoms with Crippen molar-refractivity contribution >= 4 is 11.9 Å². The van der Waals surface area contributed by atoms with Gasteiger partial charge in [-0.3, -0.25) is 4.79 Å². The number of nitrogens with zero attached hydrogens (tertiary/aromatic N) is 3. The lowest BCUT2D eigenvalue weighted by Gasteiger charge is -2.18. The first-order valence-electron chi connectivity index (χ1n) is 6.10. The molecule has 7 heteroatoms. The van der Waals surface area contributed by atoms with E-state index in [9.17, 15) is 9.59 Å². The summed E-state index contributed by atoms with van der Waals surface area (Å²) in [5.74, 6) is -1.09. The maximum atomic E-state index is 11.7. The first-order valence-corrected chi connectivity index (χ1v) is 6.10. The second-order valence-electron chi connectivity index (χ2n) is 3.86. The van der Waals surface area contributed by atoms with Crippen LogP contribution >= 0.6 is 0 Å². The summed E-state index contributed by atoms with van der Waals surface area (Å²) in [6.45, 7) is 5.51. The van der Waals surface area contributed by atoms with E-state index in [2.05, 4.69) is 15.3 Å². The first kappa shape index (κ1) is 15.0. The molecule has 1 amide bonds. The molecule has 104 valence electrons. The number of hydrogen-bond donors (Lipinski definition) is 2. The molecule has 0 unspecified atom stereocenters. The number of likely N-dealkylation sites (N-methyl/N-ethyl adjacent to an activating group) is 1. The summed E-state index contributed by atoms with van der Waals surface area (Å²) in [5.41, 5.74) is 0.417. The predicted octanol–water partition coefficient (Wildman–Crippen LogP) is 0.133. The Morgan fingerprint density at radius 3 is 2.63 bits per heavy atom. The fourth-order valence-electron chi connectivity index (χ4n) is 1.65. The van der Waals surface area contributed by atoms with E-state index in [4.69, 9.17) is 5.11 Å². The Balaban J connectivity index is 2.54. The summed E-state index contributed by atoms with van der Waals surface area (Å²) >= 11 is 0. The lowest BCUT2D eigenvalue weighted by Crippen LogP contribution is -2.37. The van der Waals surface area contributed by atoms with Gasteiger partial charge in [-0.1, -0.05) is 0 Å². The second kappa shape index (κ2) is 7.42. The summed E-state index contributed by atoms with van der Waals surface area (Å²) in [6, 6.07) is 0. The third-order valence-corrected chi connectivity index (χ3v) is 2.71. The van der Waals surface area contributed by atoms with Gasteiger partial charge in [0.2, 0.25) is 5.91 Å². The smallest absolute Gasteiger partial charge is 0.339 e. The molecule has 1 aromatic rings. The molecule has 0 spiro atoms. The number of nitrogens with one attached hydrogen (secondary N) is 1. The highest BCUT2D eigenvalue weighted by Gasteiger charge is 2.12. The standard InChI is InChI=1S/C12H18N4O3/c1-3-16(4-2)11(17)7-13-6-10-9(12(18)19)5-14-8-15-10/h5,8,13H,3-4,6-7H2,1-2H3,(H,18,19). The third kappa shape index (κ3) is 4.29. The molecule has 0 fully saturated rings. The van der Waals surface area contributed by atoms with Gasteiger partial charge >= 0.3 is 5.97 Å². The van der Waals surface area contributed by atoms with Gasteiger partial charge in [0.1, 0.15) is 11.9 Å². The van der Waals surface area contributed by atoms with Crippen molar-refractivity contribution in [3.63, 3.8) is 0 Å². The molecular weight excluding hydrogens is 248 g/mol. The van der Waals surface area contributed by atoms with Crippen molar-refractivity contribution in [1.82, 2.24) is 20.2 Å². The van der Waals surface area contributed by atoms with Crippen LogP contribution in [0, 0.1) is 0 Å². The summed E-state index contributed by atoms with van der Waals surface area (Å²) in [7, 11) is 0. The zero-order valence-electron chi connectivity index (χ0n) is 11.1. The number of carboxylic acids is 1. The van der Waals surface area contributed by atoms with Crippen LogP contribution in [0.15, 0.2) is 12.5 Å². The lowest BCUT2D eigenvalue weighted by atomic mass is 10.2. The topological polar surface area (TPSA) is 95.4 Å². The van der Waals surface area contributed by atoms with E-state index in [1.807, 2.05) is 13.8 Å². The molecule has 2 N–H and O–H groups in total. The van der Waals surface area contributed by atoms with E-state index in [0.29, 0.717) is 18.8 Å². The number of aromatic nitrogens is 2. The maximum Gasteiger partial charge on any atom is 0.339 e. The highest BCUT2D eigenvalue weighted by molar-refractivity contribution is 5.88. The predicted molar refractivity (Wildman–Crippen MR) is 68.6 cm³/mol. The fourth-order valence-corrected chi connectivity index (χ4v) is 1.65. The number of hydrogen-bond acceptors (Lipinski definition) is 5. The molecular formula is C12H18N4O3. The van der Waals surface area contributed by atoms with E-state index in [1.54, 1.807) is 4.90 Å². The zero-order chi connectivity index (χ0) is 14.3. The Kier molecular flexibility index (Phi) is 5.87. The monoisotopic (exact) mass is 266 g/mol. The van der Waals surface area contributed by atoms with Gasteiger partial charge in [-0.25, -0.2) is 14.8 Å². The van der Waals surface area contributed by atoms with Gasteiger partial charge in [0, 0.05) is 25.8 Å². The highest BCUT2D eigenvalue weighted by Crippen LogP contribution is 2.02. The SMILES string of the molecule is CCN(CC)C(=O)CNCc1ncncc1C(=O)O. The minimum absolute atomic E-state index is 0.0177. The first-order chi connectivity index (χ1) is 9.10. The lowest BCUT2D eigenvalue weighted by molar-refractivity contribution is -0.129. The molecule has 0 bridgehead atoms. The second-order valence-corrected chi connectivity index (χ2v) is 3.86. The molecule has 0 saturated carbocycles. The molecule has 1 rings (SSSR count). The minimum Gasteiger partial charge on any atom is -0.478 e. The highest BCUT2D eigenvalue weighted by atomic mass is 16.4. The minimum atomic E-state index is -1.08. The molecule has 0 aliphatic heterocycles. The van der Waals surface area contributed by atoms with E-state index < -0.39 is 5.97 Å². The van der Waals surface area contributed by atoms with Crippen LogP contribution in [0.4, 0.5) is 0 Å². The van der Waals surface area contributed by atoms with Gasteiger partial charge in [0.05, 0.1) is 12.2 Å². The quantitative estimate of drug-likeness (QED) is 0.728. The Morgan fingerprint density at radius 1 is 1.37 bits per heavy atom. The van der Waals surface area contributed by atoms with Crippen LogP contribution in [0.2, 0.25) is 0 Å². The molecule has 0 aliphatic carbocycles. The van der Waals surface area contributed by atoms with Crippen molar-refractivity contribution in [3.8, 4) is 0 Å². The number of rotatable bonds is 7. The van der Waals surface area contributed by atoms with E-state index in [1.165, 1.54) is 12.5 Å². The van der Waals surface area contributed by atoms with Crippen molar-refractivity contribution in [1.29, 1.82) is 0 Å². The van der Waals surface area contributed by atoms with Gasteiger partial charge in [0.15, 0.2) is 0 Å². The van der Waals surface area contributed by atoms with Crippen molar-refractivity contribution in [2.75, 3.05) is 19.6 Å². The zero-order valence-corrected chi connectivity index (χ0v) is 11.1. The van der Waals surface area contributed by atoms with Gasteiger partial charge in [-0.15, -0.1) is 0 Å². The fraction of sp³-hybridized carbons (Fsp3) is 0.500. The molecule has 0 saturated heterocycles. The van der Waals surface area contributed by atoms with Crippen LogP contribution in [0.25, 0.3) is 0 Å². The Labute approximate surface area is 111 Å². The Hall–Kier alpha value is -2.02. The van der Waals surface area contributed by atoms with Crippen LogP contribution in [0.1, 0.15) is 29.9 Å². The Morgan fingerprint density at radius 2 is 2.05 bits per heavy atom. The van der Waals surface area contributed by atoms with Crippen LogP contribution in [0.5, 0.6) is 0 Å². The number of carbonyl (C=O) groups is 2. The summed E-state index contributed by atoms with van der Waals surface area (Å²) in [6.07, 6.45) is 2.54. The number of carboxylic acid groups (broad SMARTS) is 1. The maximum absolute atomic E-state index is 11.7. The molecule has 0 aliphatic rings. The van der Waals surface area contributed by atoms with E-state index >= 15 is 0 Å². The molecule has 19 heavy (non-hydrogen) atoms. The van der Waals surface area contributed by atoms with E-state index in [0.717, 1.165) is 0 Å². The number of carbonyl (C=O) groups excluding carboxylic acids is 1. The largest absolute Gasteiger partial charge is 0.478 e. The molecule has 7 nitrogen and oxygen atoms in total. The molecule has 0 radical (unpaired) electrons. The summed E-state index contributed by atoms with van der Waals surface area (Å²) < 4.78 is 0. The van der Waals surface area contributed by atoms with Crippen LogP contribution in [-0.4, -0.2) is 51.5 Å². The average Bonchev–Trinajstić information content (AvgIpc) is 2.40. The average molecular weight is 266 g/mol. The number of aromatic carboxylic acids is 1. The van der Waals surface area contributed by atoms with Gasteiger partial charge in [-0.05, 0) is 13.8 Å². The van der Waals surface area contributed by atoms with Crippen molar-refractivity contribution in [2.45, 2.75) is 20.4 Å². The van der Waals surface area contributed by atoms with Gasteiger partial charge in [-0.2, -0.15) is 0 Å². The molecule has 0 aromatic carbocycles. The molecule has 1 heterocycles.